The van der Waals surface area contributed by atoms with E-state index in [1.165, 1.54) is 0 Å². The fourth-order valence-electron chi connectivity index (χ4n) is 1.87. The van der Waals surface area contributed by atoms with Crippen molar-refractivity contribution in [3.63, 3.8) is 0 Å². The van der Waals surface area contributed by atoms with Crippen LogP contribution in [-0.2, 0) is 0 Å². The number of carbonyl (C=O) groups is 1. The first-order valence-electron chi connectivity index (χ1n) is 5.99. The quantitative estimate of drug-likeness (QED) is 0.850. The van der Waals surface area contributed by atoms with Crippen LogP contribution < -0.4 is 5.73 Å². The molecule has 1 aromatic carbocycles. The standard InChI is InChI=1S/C14H20N2OS/c1-9(2)16(8-13(15)18)14(17)12-6-5-10(3)7-11(12)4/h5-7,9H,8H2,1-4H3,(H2,15,18). The zero-order valence-corrected chi connectivity index (χ0v) is 12.2. The van der Waals surface area contributed by atoms with E-state index in [0.29, 0.717) is 17.1 Å². The number of aryl methyl sites for hydroxylation is 2. The van der Waals surface area contributed by atoms with Crippen LogP contribution in [0.15, 0.2) is 18.2 Å². The summed E-state index contributed by atoms with van der Waals surface area (Å²) in [6.45, 7) is 8.19. The van der Waals surface area contributed by atoms with Gasteiger partial charge in [-0.3, -0.25) is 4.79 Å². The van der Waals surface area contributed by atoms with Crippen molar-refractivity contribution >= 4 is 23.1 Å². The van der Waals surface area contributed by atoms with Crippen LogP contribution in [0.2, 0.25) is 0 Å². The molecule has 0 aliphatic rings. The van der Waals surface area contributed by atoms with Crippen molar-refractivity contribution in [3.05, 3.63) is 34.9 Å². The molecule has 1 aromatic rings. The van der Waals surface area contributed by atoms with Gasteiger partial charge in [-0.15, -0.1) is 0 Å². The average Bonchev–Trinajstić information content (AvgIpc) is 2.24. The lowest BCUT2D eigenvalue weighted by molar-refractivity contribution is 0.0735. The molecule has 0 aromatic heterocycles. The first kappa shape index (κ1) is 14.6. The fourth-order valence-corrected chi connectivity index (χ4v) is 2.00. The molecule has 1 amide bonds. The Bertz CT molecular complexity index is 469. The summed E-state index contributed by atoms with van der Waals surface area (Å²) >= 11 is 4.90. The van der Waals surface area contributed by atoms with Gasteiger partial charge < -0.3 is 10.6 Å². The lowest BCUT2D eigenvalue weighted by Crippen LogP contribution is -2.42. The molecule has 0 unspecified atom stereocenters. The van der Waals surface area contributed by atoms with Gasteiger partial charge in [-0.1, -0.05) is 29.9 Å². The van der Waals surface area contributed by atoms with Gasteiger partial charge in [-0.2, -0.15) is 0 Å². The number of hydrogen-bond acceptors (Lipinski definition) is 2. The van der Waals surface area contributed by atoms with Crippen LogP contribution in [0.5, 0.6) is 0 Å². The van der Waals surface area contributed by atoms with Crippen LogP contribution in [0.25, 0.3) is 0 Å². The molecule has 2 N–H and O–H groups in total. The van der Waals surface area contributed by atoms with Crippen LogP contribution in [0.3, 0.4) is 0 Å². The van der Waals surface area contributed by atoms with Gasteiger partial charge in [-0.05, 0) is 39.3 Å². The van der Waals surface area contributed by atoms with E-state index in [0.717, 1.165) is 11.1 Å². The van der Waals surface area contributed by atoms with E-state index in [4.69, 9.17) is 18.0 Å². The molecular formula is C14H20N2OS. The highest BCUT2D eigenvalue weighted by atomic mass is 32.1. The molecule has 0 aliphatic carbocycles. The number of thiocarbonyl (C=S) groups is 1. The van der Waals surface area contributed by atoms with Gasteiger partial charge in [0.05, 0.1) is 11.5 Å². The molecular weight excluding hydrogens is 244 g/mol. The lowest BCUT2D eigenvalue weighted by Gasteiger charge is -2.27. The zero-order chi connectivity index (χ0) is 13.9. The summed E-state index contributed by atoms with van der Waals surface area (Å²) in [6, 6.07) is 5.88. The predicted molar refractivity (Wildman–Crippen MR) is 78.9 cm³/mol. The Labute approximate surface area is 114 Å². The summed E-state index contributed by atoms with van der Waals surface area (Å²) in [5.74, 6) is -0.0182. The molecule has 0 saturated heterocycles. The smallest absolute Gasteiger partial charge is 0.254 e. The van der Waals surface area contributed by atoms with Crippen LogP contribution in [0.1, 0.15) is 35.3 Å². The second-order valence-corrected chi connectivity index (χ2v) is 5.34. The van der Waals surface area contributed by atoms with Gasteiger partial charge in [0.25, 0.3) is 5.91 Å². The Morgan fingerprint density at radius 1 is 1.39 bits per heavy atom. The van der Waals surface area contributed by atoms with E-state index in [9.17, 15) is 4.79 Å². The summed E-state index contributed by atoms with van der Waals surface area (Å²) in [5, 5.41) is 0. The lowest BCUT2D eigenvalue weighted by atomic mass is 10.0. The fraction of sp³-hybridized carbons (Fsp3) is 0.429. The van der Waals surface area contributed by atoms with Crippen molar-refractivity contribution in [2.45, 2.75) is 33.7 Å². The first-order valence-corrected chi connectivity index (χ1v) is 6.40. The number of hydrogen-bond donors (Lipinski definition) is 1. The number of nitrogens with zero attached hydrogens (tertiary/aromatic N) is 1. The summed E-state index contributed by atoms with van der Waals surface area (Å²) in [7, 11) is 0. The van der Waals surface area contributed by atoms with Crippen molar-refractivity contribution in [2.24, 2.45) is 5.73 Å². The van der Waals surface area contributed by atoms with Crippen molar-refractivity contribution in [3.8, 4) is 0 Å². The molecule has 3 nitrogen and oxygen atoms in total. The number of rotatable bonds is 4. The molecule has 0 heterocycles. The van der Waals surface area contributed by atoms with Crippen molar-refractivity contribution < 1.29 is 4.79 Å². The number of nitrogens with two attached hydrogens (primary N) is 1. The molecule has 0 saturated carbocycles. The molecule has 18 heavy (non-hydrogen) atoms. The Kier molecular flexibility index (Phi) is 4.84. The van der Waals surface area contributed by atoms with Crippen LogP contribution in [0, 0.1) is 13.8 Å². The first-order chi connectivity index (χ1) is 8.32. The molecule has 4 heteroatoms. The predicted octanol–water partition coefficient (Wildman–Crippen LogP) is 2.44. The molecule has 0 atom stereocenters. The third kappa shape index (κ3) is 3.53. The van der Waals surface area contributed by atoms with E-state index in [1.54, 1.807) is 4.90 Å². The SMILES string of the molecule is Cc1ccc(C(=O)N(CC(N)=S)C(C)C)c(C)c1. The monoisotopic (exact) mass is 264 g/mol. The van der Waals surface area contributed by atoms with Gasteiger partial charge >= 0.3 is 0 Å². The number of benzene rings is 1. The molecule has 0 fully saturated rings. The summed E-state index contributed by atoms with van der Waals surface area (Å²) in [4.78, 5) is 14.5. The van der Waals surface area contributed by atoms with E-state index in [2.05, 4.69) is 0 Å². The maximum atomic E-state index is 12.5. The molecule has 98 valence electrons. The number of amides is 1. The highest BCUT2D eigenvalue weighted by molar-refractivity contribution is 7.80. The van der Waals surface area contributed by atoms with Crippen LogP contribution in [0.4, 0.5) is 0 Å². The average molecular weight is 264 g/mol. The maximum Gasteiger partial charge on any atom is 0.254 e. The topological polar surface area (TPSA) is 46.3 Å². The minimum absolute atomic E-state index is 0.0182. The third-order valence-corrected chi connectivity index (χ3v) is 2.95. The van der Waals surface area contributed by atoms with E-state index in [-0.39, 0.29) is 11.9 Å². The van der Waals surface area contributed by atoms with Crippen molar-refractivity contribution in [1.82, 2.24) is 4.90 Å². The summed E-state index contributed by atoms with van der Waals surface area (Å²) < 4.78 is 0. The zero-order valence-electron chi connectivity index (χ0n) is 11.4. The molecule has 0 bridgehead atoms. The largest absolute Gasteiger partial charge is 0.392 e. The third-order valence-electron chi connectivity index (χ3n) is 2.82. The van der Waals surface area contributed by atoms with Crippen molar-refractivity contribution in [1.29, 1.82) is 0 Å². The normalized spacial score (nSPS) is 10.5. The molecule has 0 aliphatic heterocycles. The second kappa shape index (κ2) is 5.96. The Morgan fingerprint density at radius 3 is 2.44 bits per heavy atom. The Morgan fingerprint density at radius 2 is 2.00 bits per heavy atom. The minimum Gasteiger partial charge on any atom is -0.392 e. The molecule has 0 spiro atoms. The summed E-state index contributed by atoms with van der Waals surface area (Å²) in [6.07, 6.45) is 0. The van der Waals surface area contributed by atoms with E-state index >= 15 is 0 Å². The van der Waals surface area contributed by atoms with Crippen LogP contribution in [-0.4, -0.2) is 28.4 Å². The Balaban J connectivity index is 3.05. The Hall–Kier alpha value is -1.42. The minimum atomic E-state index is -0.0182. The van der Waals surface area contributed by atoms with Gasteiger partial charge in [-0.25, -0.2) is 0 Å². The summed E-state index contributed by atoms with van der Waals surface area (Å²) in [5.41, 5.74) is 8.39. The van der Waals surface area contributed by atoms with Gasteiger partial charge in [0.2, 0.25) is 0 Å². The van der Waals surface area contributed by atoms with E-state index in [1.807, 2.05) is 45.9 Å². The maximum absolute atomic E-state index is 12.5. The molecule has 0 radical (unpaired) electrons. The van der Waals surface area contributed by atoms with Gasteiger partial charge in [0.15, 0.2) is 0 Å². The number of carbonyl (C=O) groups excluding carboxylic acids is 1. The highest BCUT2D eigenvalue weighted by Crippen LogP contribution is 2.14. The van der Waals surface area contributed by atoms with Gasteiger partial charge in [0, 0.05) is 11.6 Å². The highest BCUT2D eigenvalue weighted by Gasteiger charge is 2.20. The van der Waals surface area contributed by atoms with Gasteiger partial charge in [0.1, 0.15) is 0 Å². The van der Waals surface area contributed by atoms with Crippen LogP contribution >= 0.6 is 12.2 Å². The van der Waals surface area contributed by atoms with Crippen molar-refractivity contribution in [2.75, 3.05) is 6.54 Å². The molecule has 1 rings (SSSR count). The second-order valence-electron chi connectivity index (χ2n) is 4.81. The van der Waals surface area contributed by atoms with E-state index < -0.39 is 0 Å².